The van der Waals surface area contributed by atoms with E-state index in [-0.39, 0.29) is 0 Å². The van der Waals surface area contributed by atoms with Crippen molar-refractivity contribution in [3.63, 3.8) is 0 Å². The summed E-state index contributed by atoms with van der Waals surface area (Å²) >= 11 is 0. The van der Waals surface area contributed by atoms with Crippen LogP contribution in [0.3, 0.4) is 0 Å². The first kappa shape index (κ1) is 11.9. The van der Waals surface area contributed by atoms with E-state index >= 15 is 0 Å². The zero-order chi connectivity index (χ0) is 12.1. The monoisotopic (exact) mass is 227 g/mol. The van der Waals surface area contributed by atoms with E-state index in [1.54, 1.807) is 14.2 Å². The van der Waals surface area contributed by atoms with E-state index in [2.05, 4.69) is 0 Å². The van der Waals surface area contributed by atoms with Gasteiger partial charge >= 0.3 is 0 Å². The Morgan fingerprint density at radius 1 is 0.647 bits per heavy atom. The first-order chi connectivity index (χ1) is 8.33. The zero-order valence-electron chi connectivity index (χ0n) is 10.2. The second kappa shape index (κ2) is 5.17. The highest BCUT2D eigenvalue weighted by molar-refractivity contribution is 6.92. The Balaban J connectivity index is 2.54. The summed E-state index contributed by atoms with van der Waals surface area (Å²) in [5, 5.41) is 0. The Kier molecular flexibility index (Phi) is 3.62. The average Bonchev–Trinajstić information content (AvgIpc) is 2.43. The maximum absolute atomic E-state index is 5.70. The molecule has 2 rings (SSSR count). The van der Waals surface area contributed by atoms with Crippen LogP contribution in [-0.2, 0) is 9.31 Å². The van der Waals surface area contributed by atoms with Gasteiger partial charge < -0.3 is 9.31 Å². The quantitative estimate of drug-likeness (QED) is 0.737. The van der Waals surface area contributed by atoms with Crippen LogP contribution in [0.15, 0.2) is 60.7 Å². The molecule has 17 heavy (non-hydrogen) atoms. The molecule has 0 aliphatic rings. The molecule has 0 unspecified atom stereocenters. The molecule has 0 N–H and O–H groups in total. The molecule has 2 nitrogen and oxygen atoms in total. The minimum Gasteiger partial charge on any atom is -0.563 e. The van der Waals surface area contributed by atoms with Gasteiger partial charge in [-0.25, -0.2) is 0 Å². The highest BCUT2D eigenvalue weighted by Crippen LogP contribution is 2.07. The molecule has 2 aromatic rings. The van der Waals surface area contributed by atoms with Gasteiger partial charge in [0.2, 0.25) is 0 Å². The predicted molar refractivity (Wildman–Crippen MR) is 71.9 cm³/mol. The Bertz CT molecular complexity index is 411. The number of rotatable bonds is 4. The van der Waals surface area contributed by atoms with Gasteiger partial charge in [0.25, 0.3) is 6.55 Å². The Labute approximate surface area is 102 Å². The Morgan fingerprint density at radius 3 is 1.29 bits per heavy atom. The molecule has 0 atom stereocenters. The molecule has 0 bridgehead atoms. The third kappa shape index (κ3) is 2.12. The van der Waals surface area contributed by atoms with Crippen molar-refractivity contribution >= 4 is 17.5 Å². The van der Waals surface area contributed by atoms with Crippen LogP contribution in [0.25, 0.3) is 0 Å². The van der Waals surface area contributed by atoms with E-state index in [1.807, 2.05) is 60.7 Å². The molecule has 2 aromatic carbocycles. The van der Waals surface area contributed by atoms with Crippen molar-refractivity contribution in [2.24, 2.45) is 0 Å². The molecule has 0 radical (unpaired) electrons. The molecule has 0 aromatic heterocycles. The molecule has 3 heteroatoms. The fraction of sp³-hybridized carbons (Fsp3) is 0.143. The fourth-order valence-corrected chi connectivity index (χ4v) is 2.25. The van der Waals surface area contributed by atoms with E-state index in [9.17, 15) is 0 Å². The van der Waals surface area contributed by atoms with Crippen LogP contribution >= 0.6 is 0 Å². The second-order valence-electron chi connectivity index (χ2n) is 4.00. The van der Waals surface area contributed by atoms with E-state index in [0.717, 1.165) is 10.9 Å². The highest BCUT2D eigenvalue weighted by Gasteiger charge is 2.28. The summed E-state index contributed by atoms with van der Waals surface area (Å²) in [4.78, 5) is 0. The van der Waals surface area contributed by atoms with Crippen molar-refractivity contribution in [2.75, 3.05) is 14.2 Å². The van der Waals surface area contributed by atoms with Crippen LogP contribution in [0, 0.1) is 0 Å². The van der Waals surface area contributed by atoms with E-state index in [1.165, 1.54) is 0 Å². The van der Waals surface area contributed by atoms with E-state index in [4.69, 9.17) is 9.31 Å². The smallest absolute Gasteiger partial charge is 0.298 e. The van der Waals surface area contributed by atoms with E-state index in [0.29, 0.717) is 0 Å². The van der Waals surface area contributed by atoms with Crippen LogP contribution in [0.1, 0.15) is 0 Å². The molecule has 0 spiro atoms. The van der Waals surface area contributed by atoms with Gasteiger partial charge in [-0.15, -0.1) is 10.9 Å². The lowest BCUT2D eigenvalue weighted by atomic mass is 9.46. The number of hydrogen-bond acceptors (Lipinski definition) is 2. The van der Waals surface area contributed by atoms with E-state index < -0.39 is 6.55 Å². The van der Waals surface area contributed by atoms with Crippen LogP contribution in [0.4, 0.5) is 0 Å². The zero-order valence-corrected chi connectivity index (χ0v) is 10.2. The van der Waals surface area contributed by atoms with Crippen molar-refractivity contribution < 1.29 is 9.31 Å². The van der Waals surface area contributed by atoms with Crippen molar-refractivity contribution in [1.29, 1.82) is 0 Å². The number of hydrogen-bond donors (Lipinski definition) is 0. The third-order valence-corrected chi connectivity index (χ3v) is 3.14. The maximum Gasteiger partial charge on any atom is 0.298 e. The van der Waals surface area contributed by atoms with Crippen molar-refractivity contribution in [1.82, 2.24) is 0 Å². The highest BCUT2D eigenvalue weighted by atomic mass is 16.6. The summed E-state index contributed by atoms with van der Waals surface area (Å²) in [6.07, 6.45) is 0. The summed E-state index contributed by atoms with van der Waals surface area (Å²) in [5.74, 6) is 0. The first-order valence-electron chi connectivity index (χ1n) is 5.69. The molecule has 0 amide bonds. The minimum atomic E-state index is -1.58. The van der Waals surface area contributed by atoms with Gasteiger partial charge in [-0.2, -0.15) is 0 Å². The molecule has 88 valence electrons. The lowest BCUT2D eigenvalue weighted by Gasteiger charge is -2.40. The molecule has 0 fully saturated rings. The molecular weight excluding hydrogens is 211 g/mol. The van der Waals surface area contributed by atoms with Gasteiger partial charge in [-0.1, -0.05) is 60.7 Å². The molecule has 0 saturated carbocycles. The minimum absolute atomic E-state index is 1.05. The van der Waals surface area contributed by atoms with Gasteiger partial charge in [-0.3, -0.25) is 0 Å². The second-order valence-corrected chi connectivity index (χ2v) is 4.00. The van der Waals surface area contributed by atoms with Crippen molar-refractivity contribution in [2.45, 2.75) is 0 Å². The number of benzene rings is 2. The summed E-state index contributed by atoms with van der Waals surface area (Å²) in [7, 11) is 3.37. The maximum atomic E-state index is 5.70. The van der Waals surface area contributed by atoms with Crippen LogP contribution < -0.4 is 10.9 Å². The van der Waals surface area contributed by atoms with Gasteiger partial charge in [0.05, 0.1) is 0 Å². The lowest BCUT2D eigenvalue weighted by Crippen LogP contribution is -2.62. The lowest BCUT2D eigenvalue weighted by molar-refractivity contribution is 0.272. The Morgan fingerprint density at radius 2 is 1.00 bits per heavy atom. The predicted octanol–water partition coefficient (Wildman–Crippen LogP) is 1.54. The van der Waals surface area contributed by atoms with Gasteiger partial charge in [0, 0.05) is 0 Å². The molecular formula is C14H16BO2-. The molecule has 0 saturated heterocycles. The van der Waals surface area contributed by atoms with Gasteiger partial charge in [0.1, 0.15) is 0 Å². The first-order valence-corrected chi connectivity index (χ1v) is 5.69. The molecule has 0 aliphatic heterocycles. The topological polar surface area (TPSA) is 18.5 Å². The summed E-state index contributed by atoms with van der Waals surface area (Å²) in [6, 6.07) is 20.1. The van der Waals surface area contributed by atoms with Crippen molar-refractivity contribution in [3.05, 3.63) is 60.7 Å². The van der Waals surface area contributed by atoms with Gasteiger partial charge in [-0.05, 0) is 14.2 Å². The van der Waals surface area contributed by atoms with Crippen LogP contribution in [0.5, 0.6) is 0 Å². The normalized spacial score (nSPS) is 11.4. The fourth-order valence-electron chi connectivity index (χ4n) is 2.25. The average molecular weight is 227 g/mol. The Hall–Kier alpha value is -1.58. The van der Waals surface area contributed by atoms with Gasteiger partial charge in [0.15, 0.2) is 0 Å². The summed E-state index contributed by atoms with van der Waals surface area (Å²) in [5.41, 5.74) is 2.09. The van der Waals surface area contributed by atoms with Crippen LogP contribution in [0.2, 0.25) is 0 Å². The summed E-state index contributed by atoms with van der Waals surface area (Å²) in [6.45, 7) is -1.58. The largest absolute Gasteiger partial charge is 0.563 e. The molecule has 0 aliphatic carbocycles. The molecule has 0 heterocycles. The third-order valence-electron chi connectivity index (χ3n) is 3.14. The summed E-state index contributed by atoms with van der Waals surface area (Å²) < 4.78 is 11.4. The standard InChI is InChI=1S/C14H16BO2/c1-16-15(17-2,13-9-5-3-6-10-13)14-11-7-4-8-12-14/h3-12H,1-2H3/q-1. The SMILES string of the molecule is CO[B-](OC)(c1ccccc1)c1ccccc1. The van der Waals surface area contributed by atoms with Crippen molar-refractivity contribution in [3.8, 4) is 0 Å². The van der Waals surface area contributed by atoms with Crippen LogP contribution in [-0.4, -0.2) is 20.8 Å².